The molecule has 3 nitrogen and oxygen atoms in total. The van der Waals surface area contributed by atoms with Crippen molar-refractivity contribution in [2.45, 2.75) is 44.0 Å². The molecule has 1 N–H and O–H groups in total. The topological polar surface area (TPSA) is 46.2 Å². The number of sulfone groups is 1. The van der Waals surface area contributed by atoms with Crippen LogP contribution < -0.4 is 5.32 Å². The fourth-order valence-electron chi connectivity index (χ4n) is 2.72. The zero-order valence-corrected chi connectivity index (χ0v) is 11.8. The Balaban J connectivity index is 2.00. The van der Waals surface area contributed by atoms with Crippen molar-refractivity contribution in [1.82, 2.24) is 5.32 Å². The molecule has 4 heteroatoms. The Morgan fingerprint density at radius 1 is 1.28 bits per heavy atom. The van der Waals surface area contributed by atoms with Crippen molar-refractivity contribution in [2.24, 2.45) is 0 Å². The fourth-order valence-corrected chi connectivity index (χ4v) is 4.15. The van der Waals surface area contributed by atoms with Gasteiger partial charge in [-0.05, 0) is 30.9 Å². The molecule has 18 heavy (non-hydrogen) atoms. The van der Waals surface area contributed by atoms with Crippen LogP contribution in [0.15, 0.2) is 24.3 Å². The van der Waals surface area contributed by atoms with Gasteiger partial charge in [0.1, 0.15) is 0 Å². The predicted molar refractivity (Wildman–Crippen MR) is 74.3 cm³/mol. The van der Waals surface area contributed by atoms with E-state index in [-0.39, 0.29) is 11.3 Å². The van der Waals surface area contributed by atoms with Crippen LogP contribution in [0.25, 0.3) is 0 Å². The van der Waals surface area contributed by atoms with Crippen LogP contribution in [-0.4, -0.2) is 26.0 Å². The Morgan fingerprint density at radius 3 is 2.67 bits per heavy atom. The normalized spacial score (nSPS) is 24.3. The maximum absolute atomic E-state index is 11.7. The fraction of sp³-hybridized carbons (Fsp3) is 0.571. The zero-order valence-electron chi connectivity index (χ0n) is 11.0. The number of hydrogen-bond acceptors (Lipinski definition) is 3. The molecule has 0 amide bonds. The van der Waals surface area contributed by atoms with Crippen LogP contribution in [0, 0.1) is 6.92 Å². The lowest BCUT2D eigenvalue weighted by molar-refractivity contribution is 0.506. The molecule has 0 radical (unpaired) electrons. The Kier molecular flexibility index (Phi) is 4.07. The number of aryl methyl sites for hydroxylation is 1. The van der Waals surface area contributed by atoms with Gasteiger partial charge in [0.25, 0.3) is 0 Å². The molecule has 0 bridgehead atoms. The molecule has 1 aliphatic rings. The molecule has 0 spiro atoms. The van der Waals surface area contributed by atoms with Gasteiger partial charge in [-0.15, -0.1) is 0 Å². The van der Waals surface area contributed by atoms with E-state index in [4.69, 9.17) is 0 Å². The Bertz CT molecular complexity index is 510. The van der Waals surface area contributed by atoms with Crippen LogP contribution in [0.5, 0.6) is 0 Å². The van der Waals surface area contributed by atoms with Crippen LogP contribution in [0.1, 0.15) is 30.4 Å². The quantitative estimate of drug-likeness (QED) is 0.908. The van der Waals surface area contributed by atoms with E-state index in [9.17, 15) is 8.42 Å². The largest absolute Gasteiger partial charge is 0.309 e. The lowest BCUT2D eigenvalue weighted by Gasteiger charge is -2.20. The summed E-state index contributed by atoms with van der Waals surface area (Å²) >= 11 is 0. The average Bonchev–Trinajstić information content (AvgIpc) is 2.76. The summed E-state index contributed by atoms with van der Waals surface area (Å²) in [5.41, 5.74) is 2.50. The Hall–Kier alpha value is -0.870. The maximum atomic E-state index is 11.7. The van der Waals surface area contributed by atoms with Gasteiger partial charge in [0.05, 0.1) is 5.25 Å². The molecular weight excluding hydrogens is 246 g/mol. The van der Waals surface area contributed by atoms with Gasteiger partial charge in [-0.25, -0.2) is 8.42 Å². The van der Waals surface area contributed by atoms with Crippen molar-refractivity contribution in [3.63, 3.8) is 0 Å². The van der Waals surface area contributed by atoms with E-state index in [1.54, 1.807) is 0 Å². The molecule has 1 fully saturated rings. The van der Waals surface area contributed by atoms with Crippen molar-refractivity contribution in [3.05, 3.63) is 35.4 Å². The molecule has 0 heterocycles. The van der Waals surface area contributed by atoms with E-state index in [0.29, 0.717) is 0 Å². The number of rotatable bonds is 4. The Morgan fingerprint density at radius 2 is 2.00 bits per heavy atom. The van der Waals surface area contributed by atoms with Gasteiger partial charge in [0.15, 0.2) is 9.84 Å². The molecule has 0 aromatic heterocycles. The summed E-state index contributed by atoms with van der Waals surface area (Å²) < 4.78 is 23.4. The van der Waals surface area contributed by atoms with E-state index in [0.717, 1.165) is 25.8 Å². The highest BCUT2D eigenvalue weighted by Crippen LogP contribution is 2.25. The minimum atomic E-state index is -2.93. The standard InChI is InChI=1S/C14H21NO2S/c1-11-6-3-4-7-12(11)10-15-13-8-5-9-14(13)18(2,16)17/h3-4,6-7,13-15H,5,8-10H2,1-2H3. The van der Waals surface area contributed by atoms with Gasteiger partial charge in [-0.1, -0.05) is 30.7 Å². The van der Waals surface area contributed by atoms with Gasteiger partial charge < -0.3 is 5.32 Å². The first kappa shape index (κ1) is 13.6. The van der Waals surface area contributed by atoms with Crippen molar-refractivity contribution in [2.75, 3.05) is 6.26 Å². The smallest absolute Gasteiger partial charge is 0.151 e. The first-order valence-electron chi connectivity index (χ1n) is 6.45. The summed E-state index contributed by atoms with van der Waals surface area (Å²) in [7, 11) is -2.93. The monoisotopic (exact) mass is 267 g/mol. The van der Waals surface area contributed by atoms with Crippen molar-refractivity contribution >= 4 is 9.84 Å². The maximum Gasteiger partial charge on any atom is 0.151 e. The molecule has 1 saturated carbocycles. The van der Waals surface area contributed by atoms with Gasteiger partial charge >= 0.3 is 0 Å². The number of hydrogen-bond donors (Lipinski definition) is 1. The van der Waals surface area contributed by atoms with E-state index in [1.807, 2.05) is 12.1 Å². The zero-order chi connectivity index (χ0) is 13.2. The summed E-state index contributed by atoms with van der Waals surface area (Å²) in [4.78, 5) is 0. The van der Waals surface area contributed by atoms with Gasteiger partial charge in [-0.3, -0.25) is 0 Å². The molecule has 1 aromatic carbocycles. The molecule has 1 aromatic rings. The summed E-state index contributed by atoms with van der Waals surface area (Å²) in [6.45, 7) is 2.84. The van der Waals surface area contributed by atoms with Crippen molar-refractivity contribution in [3.8, 4) is 0 Å². The summed E-state index contributed by atoms with van der Waals surface area (Å²) in [5.74, 6) is 0. The second-order valence-electron chi connectivity index (χ2n) is 5.21. The molecule has 2 unspecified atom stereocenters. The molecule has 2 rings (SSSR count). The van der Waals surface area contributed by atoms with E-state index >= 15 is 0 Å². The molecule has 0 saturated heterocycles. The van der Waals surface area contributed by atoms with Crippen LogP contribution in [-0.2, 0) is 16.4 Å². The highest BCUT2D eigenvalue weighted by Gasteiger charge is 2.34. The van der Waals surface area contributed by atoms with Gasteiger partial charge in [-0.2, -0.15) is 0 Å². The molecule has 1 aliphatic carbocycles. The van der Waals surface area contributed by atoms with E-state index in [2.05, 4.69) is 24.4 Å². The molecule has 2 atom stereocenters. The highest BCUT2D eigenvalue weighted by molar-refractivity contribution is 7.91. The van der Waals surface area contributed by atoms with E-state index in [1.165, 1.54) is 17.4 Å². The van der Waals surface area contributed by atoms with Gasteiger partial charge in [0, 0.05) is 18.8 Å². The van der Waals surface area contributed by atoms with Crippen LogP contribution >= 0.6 is 0 Å². The summed E-state index contributed by atoms with van der Waals surface area (Å²) in [5, 5.41) is 3.21. The third-order valence-corrected chi connectivity index (χ3v) is 5.48. The SMILES string of the molecule is Cc1ccccc1CNC1CCCC1S(C)(=O)=O. The average molecular weight is 267 g/mol. The second kappa shape index (κ2) is 5.41. The van der Waals surface area contributed by atoms with Crippen LogP contribution in [0.4, 0.5) is 0 Å². The lowest BCUT2D eigenvalue weighted by Crippen LogP contribution is -2.39. The summed E-state index contributed by atoms with van der Waals surface area (Å²) in [6.07, 6.45) is 4.11. The second-order valence-corrected chi connectivity index (χ2v) is 7.48. The minimum absolute atomic E-state index is 0.111. The lowest BCUT2D eigenvalue weighted by atomic mass is 10.1. The predicted octanol–water partition coefficient (Wildman–Crippen LogP) is 2.05. The van der Waals surface area contributed by atoms with Crippen molar-refractivity contribution in [1.29, 1.82) is 0 Å². The van der Waals surface area contributed by atoms with Crippen molar-refractivity contribution < 1.29 is 8.42 Å². The third-order valence-electron chi connectivity index (χ3n) is 3.82. The molecule has 100 valence electrons. The van der Waals surface area contributed by atoms with E-state index < -0.39 is 9.84 Å². The summed E-state index contributed by atoms with van der Waals surface area (Å²) in [6, 6.07) is 8.33. The number of benzene rings is 1. The van der Waals surface area contributed by atoms with Crippen LogP contribution in [0.2, 0.25) is 0 Å². The minimum Gasteiger partial charge on any atom is -0.309 e. The molecular formula is C14H21NO2S. The third kappa shape index (κ3) is 3.12. The highest BCUT2D eigenvalue weighted by atomic mass is 32.2. The first-order chi connectivity index (χ1) is 8.48. The van der Waals surface area contributed by atoms with Crippen LogP contribution in [0.3, 0.4) is 0 Å². The Labute approximate surface area is 110 Å². The van der Waals surface area contributed by atoms with Gasteiger partial charge in [0.2, 0.25) is 0 Å². The molecule has 0 aliphatic heterocycles. The first-order valence-corrected chi connectivity index (χ1v) is 8.40. The number of nitrogens with one attached hydrogen (secondary N) is 1.